The van der Waals surface area contributed by atoms with Gasteiger partial charge < -0.3 is 20.4 Å². The molecule has 0 saturated heterocycles. The predicted octanol–water partition coefficient (Wildman–Crippen LogP) is 12.7. The Hall–Kier alpha value is -5.25. The minimum atomic E-state index is -0.0143. The van der Waals surface area contributed by atoms with Crippen LogP contribution in [0.3, 0.4) is 0 Å². The van der Waals surface area contributed by atoms with E-state index in [1.54, 1.807) is 24.3 Å². The van der Waals surface area contributed by atoms with E-state index in [2.05, 4.69) is 62.0 Å². The Morgan fingerprint density at radius 3 is 1.18 bits per heavy atom. The minimum absolute atomic E-state index is 0. The molecule has 0 aliphatic heterocycles. The summed E-state index contributed by atoms with van der Waals surface area (Å²) < 4.78 is 0. The van der Waals surface area contributed by atoms with Gasteiger partial charge in [-0.3, -0.25) is 0 Å². The Balaban J connectivity index is 0.000000224. The van der Waals surface area contributed by atoms with Crippen molar-refractivity contribution in [1.82, 2.24) is 0 Å². The van der Waals surface area contributed by atoms with Crippen LogP contribution in [0, 0.1) is 0 Å². The molecule has 265 valence electrons. The summed E-state index contributed by atoms with van der Waals surface area (Å²) in [4.78, 5) is 0. The number of azo groups is 2. The first-order valence-corrected chi connectivity index (χ1v) is 16.8. The molecule has 0 spiro atoms. The number of phenolic OH excluding ortho intramolecular Hbond substituents is 4. The molecule has 0 fully saturated rings. The molecular weight excluding hydrogens is 683 g/mol. The van der Waals surface area contributed by atoms with Crippen LogP contribution >= 0.6 is 0 Å². The standard InChI is InChI=1S/2C21H22N2O2.Co/c2*1-4-21(2,3)15-10-12-18(24)17(13-15)22-23-20-16-8-6-5-7-14(16)9-11-19(20)25;/h2*5-13,24-25H,4H2,1-3H3;. The molecule has 0 unspecified atom stereocenters. The Morgan fingerprint density at radius 2 is 0.804 bits per heavy atom. The van der Waals surface area contributed by atoms with Gasteiger partial charge >= 0.3 is 0 Å². The number of hydrogen-bond acceptors (Lipinski definition) is 8. The number of benzene rings is 6. The number of aromatic hydroxyl groups is 4. The molecule has 0 aromatic heterocycles. The summed E-state index contributed by atoms with van der Waals surface area (Å²) in [5.74, 6) is 0.261. The van der Waals surface area contributed by atoms with Crippen molar-refractivity contribution in [3.8, 4) is 23.0 Å². The first-order chi connectivity index (χ1) is 23.8. The zero-order valence-electron chi connectivity index (χ0n) is 29.7. The molecule has 8 nitrogen and oxygen atoms in total. The molecule has 0 amide bonds. The summed E-state index contributed by atoms with van der Waals surface area (Å²) in [6.07, 6.45) is 1.94. The Morgan fingerprint density at radius 1 is 0.451 bits per heavy atom. The number of fused-ring (bicyclic) bond motifs is 2. The average Bonchev–Trinajstić information content (AvgIpc) is 3.12. The van der Waals surface area contributed by atoms with Crippen molar-refractivity contribution in [2.24, 2.45) is 20.5 Å². The van der Waals surface area contributed by atoms with E-state index in [0.717, 1.165) is 45.5 Å². The van der Waals surface area contributed by atoms with Gasteiger partial charge in [0.15, 0.2) is 0 Å². The van der Waals surface area contributed by atoms with Gasteiger partial charge in [-0.1, -0.05) is 114 Å². The molecular formula is C42H44CoN4O4. The van der Waals surface area contributed by atoms with Crippen molar-refractivity contribution in [2.75, 3.05) is 0 Å². The summed E-state index contributed by atoms with van der Waals surface area (Å²) in [5, 5.41) is 61.0. The smallest absolute Gasteiger partial charge is 0.143 e. The van der Waals surface area contributed by atoms with E-state index in [4.69, 9.17) is 0 Å². The number of nitrogens with zero attached hydrogens (tertiary/aromatic N) is 4. The zero-order valence-corrected chi connectivity index (χ0v) is 30.8. The van der Waals surface area contributed by atoms with Crippen molar-refractivity contribution < 1.29 is 37.2 Å². The van der Waals surface area contributed by atoms with Gasteiger partial charge in [-0.2, -0.15) is 0 Å². The second-order valence-corrected chi connectivity index (χ2v) is 13.6. The number of hydrogen-bond donors (Lipinski definition) is 4. The average molecular weight is 728 g/mol. The Labute approximate surface area is 309 Å². The van der Waals surface area contributed by atoms with E-state index in [0.29, 0.717) is 22.7 Å². The van der Waals surface area contributed by atoms with Gasteiger partial charge in [0.05, 0.1) is 0 Å². The SMILES string of the molecule is CCC(C)(C)c1ccc(O)c(N=Nc2c(O)ccc3ccccc23)c1.CCC(C)(C)c1ccc(O)c(N=Nc2c(O)ccc3ccccc23)c1.[Co]. The predicted molar refractivity (Wildman–Crippen MR) is 202 cm³/mol. The third kappa shape index (κ3) is 8.74. The van der Waals surface area contributed by atoms with Crippen LogP contribution in [0.1, 0.15) is 65.5 Å². The maximum Gasteiger partial charge on any atom is 0.143 e. The maximum absolute atomic E-state index is 10.2. The first kappa shape index (κ1) is 38.5. The van der Waals surface area contributed by atoms with Crippen LogP contribution in [0.4, 0.5) is 22.7 Å². The van der Waals surface area contributed by atoms with Crippen molar-refractivity contribution in [2.45, 2.75) is 65.2 Å². The van der Waals surface area contributed by atoms with Gasteiger partial charge in [0.25, 0.3) is 0 Å². The van der Waals surface area contributed by atoms with Gasteiger partial charge in [-0.05, 0) is 82.0 Å². The third-order valence-corrected chi connectivity index (χ3v) is 9.56. The van der Waals surface area contributed by atoms with Crippen molar-refractivity contribution in [1.29, 1.82) is 0 Å². The maximum atomic E-state index is 10.2. The zero-order chi connectivity index (χ0) is 36.1. The van der Waals surface area contributed by atoms with E-state index in [-0.39, 0.29) is 50.6 Å². The number of phenols is 4. The normalized spacial score (nSPS) is 11.9. The van der Waals surface area contributed by atoms with Crippen LogP contribution in [-0.4, -0.2) is 20.4 Å². The Bertz CT molecular complexity index is 2060. The van der Waals surface area contributed by atoms with Crippen LogP contribution in [0.2, 0.25) is 0 Å². The topological polar surface area (TPSA) is 130 Å². The van der Waals surface area contributed by atoms with E-state index in [9.17, 15) is 20.4 Å². The molecule has 4 N–H and O–H groups in total. The van der Waals surface area contributed by atoms with Crippen LogP contribution in [-0.2, 0) is 27.6 Å². The fourth-order valence-corrected chi connectivity index (χ4v) is 5.36. The van der Waals surface area contributed by atoms with E-state index in [1.807, 2.05) is 84.9 Å². The van der Waals surface area contributed by atoms with Gasteiger partial charge in [0.2, 0.25) is 0 Å². The molecule has 1 radical (unpaired) electrons. The molecule has 0 heterocycles. The third-order valence-electron chi connectivity index (χ3n) is 9.56. The summed E-state index contributed by atoms with van der Waals surface area (Å²) in [6.45, 7) is 12.9. The molecule has 0 aliphatic carbocycles. The summed E-state index contributed by atoms with van der Waals surface area (Å²) in [6, 6.07) is 33.0. The molecule has 0 atom stereocenters. The number of rotatable bonds is 8. The molecule has 9 heteroatoms. The summed E-state index contributed by atoms with van der Waals surface area (Å²) >= 11 is 0. The van der Waals surface area contributed by atoms with Crippen molar-refractivity contribution in [3.05, 3.63) is 120 Å². The molecule has 6 aromatic carbocycles. The van der Waals surface area contributed by atoms with Gasteiger partial charge in [0, 0.05) is 27.6 Å². The van der Waals surface area contributed by atoms with Crippen LogP contribution in [0.25, 0.3) is 21.5 Å². The summed E-state index contributed by atoms with van der Waals surface area (Å²) in [5.41, 5.74) is 3.74. The van der Waals surface area contributed by atoms with Crippen LogP contribution < -0.4 is 0 Å². The van der Waals surface area contributed by atoms with E-state index >= 15 is 0 Å². The quantitative estimate of drug-likeness (QED) is 0.116. The van der Waals surface area contributed by atoms with Crippen molar-refractivity contribution in [3.63, 3.8) is 0 Å². The van der Waals surface area contributed by atoms with E-state index < -0.39 is 0 Å². The summed E-state index contributed by atoms with van der Waals surface area (Å²) in [7, 11) is 0. The molecule has 0 bridgehead atoms. The largest absolute Gasteiger partial charge is 0.506 e. The van der Waals surface area contributed by atoms with E-state index in [1.165, 1.54) is 0 Å². The minimum Gasteiger partial charge on any atom is -0.506 e. The van der Waals surface area contributed by atoms with Crippen LogP contribution in [0.5, 0.6) is 23.0 Å². The van der Waals surface area contributed by atoms with Gasteiger partial charge in [-0.25, -0.2) is 0 Å². The molecule has 51 heavy (non-hydrogen) atoms. The first-order valence-electron chi connectivity index (χ1n) is 16.8. The second kappa shape index (κ2) is 16.2. The fourth-order valence-electron chi connectivity index (χ4n) is 5.36. The molecule has 0 saturated carbocycles. The fraction of sp³-hybridized carbons (Fsp3) is 0.238. The molecule has 0 aliphatic rings. The van der Waals surface area contributed by atoms with Gasteiger partial charge in [0.1, 0.15) is 45.7 Å². The molecule has 6 rings (SSSR count). The van der Waals surface area contributed by atoms with Crippen molar-refractivity contribution >= 4 is 44.3 Å². The van der Waals surface area contributed by atoms with Crippen LogP contribution in [0.15, 0.2) is 130 Å². The molecule has 6 aromatic rings. The monoisotopic (exact) mass is 727 g/mol. The van der Waals surface area contributed by atoms with Gasteiger partial charge in [-0.15, -0.1) is 20.5 Å². The second-order valence-electron chi connectivity index (χ2n) is 13.6. The Kier molecular flexibility index (Phi) is 12.2.